The number of benzene rings is 1. The molecule has 6 heteroatoms. The van der Waals surface area contributed by atoms with Gasteiger partial charge in [-0.15, -0.1) is 0 Å². The highest BCUT2D eigenvalue weighted by molar-refractivity contribution is 6.11. The second kappa shape index (κ2) is 4.72. The van der Waals surface area contributed by atoms with Crippen LogP contribution in [0, 0.1) is 6.92 Å². The predicted molar refractivity (Wildman–Crippen MR) is 68.1 cm³/mol. The van der Waals surface area contributed by atoms with Crippen LogP contribution in [0.4, 0.5) is 0 Å². The lowest BCUT2D eigenvalue weighted by molar-refractivity contribution is 0.0557. The fraction of sp³-hybridized carbons (Fsp3) is 0.308. The molecule has 19 heavy (non-hydrogen) atoms. The zero-order valence-electron chi connectivity index (χ0n) is 11.2. The fourth-order valence-corrected chi connectivity index (χ4v) is 1.96. The molecule has 2 aromatic rings. The quantitative estimate of drug-likeness (QED) is 0.766. The smallest absolute Gasteiger partial charge is 0.341 e. The van der Waals surface area contributed by atoms with Crippen LogP contribution in [0.25, 0.3) is 11.0 Å². The Morgan fingerprint density at radius 2 is 1.79 bits per heavy atom. The van der Waals surface area contributed by atoms with Gasteiger partial charge in [0.1, 0.15) is 16.9 Å². The predicted octanol–water partition coefficient (Wildman–Crippen LogP) is 1.45. The van der Waals surface area contributed by atoms with Gasteiger partial charge in [0.05, 0.1) is 25.3 Å². The Balaban J connectivity index is 2.84. The van der Waals surface area contributed by atoms with Crippen molar-refractivity contribution in [3.8, 4) is 0 Å². The average Bonchev–Trinajstić information content (AvgIpc) is 2.71. The molecular formula is C13H14N2O4. The SMILES string of the molecule is COC(=O)c1ccc2c(nc(C)n2C)c1C(=O)OC. The van der Waals surface area contributed by atoms with Crippen molar-refractivity contribution >= 4 is 23.0 Å². The number of ether oxygens (including phenoxy) is 2. The van der Waals surface area contributed by atoms with E-state index in [-0.39, 0.29) is 11.1 Å². The third-order valence-electron chi connectivity index (χ3n) is 3.07. The Kier molecular flexibility index (Phi) is 3.25. The van der Waals surface area contributed by atoms with Gasteiger partial charge in [0.25, 0.3) is 0 Å². The van der Waals surface area contributed by atoms with Gasteiger partial charge < -0.3 is 14.0 Å². The third-order valence-corrected chi connectivity index (χ3v) is 3.07. The fourth-order valence-electron chi connectivity index (χ4n) is 1.96. The summed E-state index contributed by atoms with van der Waals surface area (Å²) in [6.45, 7) is 1.82. The molecule has 1 aromatic heterocycles. The number of fused-ring (bicyclic) bond motifs is 1. The van der Waals surface area contributed by atoms with Gasteiger partial charge >= 0.3 is 11.9 Å². The number of aryl methyl sites for hydroxylation is 2. The van der Waals surface area contributed by atoms with Gasteiger partial charge in [0.15, 0.2) is 0 Å². The molecule has 0 saturated heterocycles. The van der Waals surface area contributed by atoms with Crippen molar-refractivity contribution in [1.29, 1.82) is 0 Å². The third kappa shape index (κ3) is 1.95. The highest BCUT2D eigenvalue weighted by atomic mass is 16.5. The molecule has 0 N–H and O–H groups in total. The first-order chi connectivity index (χ1) is 9.01. The number of esters is 2. The Labute approximate surface area is 109 Å². The number of nitrogens with zero attached hydrogens (tertiary/aromatic N) is 2. The number of carbonyl (C=O) groups excluding carboxylic acids is 2. The molecule has 100 valence electrons. The maximum Gasteiger partial charge on any atom is 0.341 e. The molecule has 0 aliphatic carbocycles. The van der Waals surface area contributed by atoms with E-state index in [1.54, 1.807) is 12.1 Å². The van der Waals surface area contributed by atoms with Crippen LogP contribution in [0.3, 0.4) is 0 Å². The largest absolute Gasteiger partial charge is 0.465 e. The number of carbonyl (C=O) groups is 2. The van der Waals surface area contributed by atoms with Crippen molar-refractivity contribution in [2.75, 3.05) is 14.2 Å². The van der Waals surface area contributed by atoms with Crippen molar-refractivity contribution < 1.29 is 19.1 Å². The number of hydrogen-bond acceptors (Lipinski definition) is 5. The zero-order valence-corrected chi connectivity index (χ0v) is 11.2. The molecule has 2 rings (SSSR count). The number of aromatic nitrogens is 2. The van der Waals surface area contributed by atoms with Crippen LogP contribution in [-0.2, 0) is 16.5 Å². The zero-order chi connectivity index (χ0) is 14.2. The van der Waals surface area contributed by atoms with Gasteiger partial charge in [-0.2, -0.15) is 0 Å². The molecule has 0 atom stereocenters. The molecule has 0 bridgehead atoms. The molecule has 0 spiro atoms. The highest BCUT2D eigenvalue weighted by Crippen LogP contribution is 2.24. The number of rotatable bonds is 2. The summed E-state index contributed by atoms with van der Waals surface area (Å²) in [5, 5.41) is 0. The number of methoxy groups -OCH3 is 2. The second-order valence-corrected chi connectivity index (χ2v) is 4.06. The summed E-state index contributed by atoms with van der Waals surface area (Å²) >= 11 is 0. The Morgan fingerprint density at radius 1 is 1.16 bits per heavy atom. The first-order valence-corrected chi connectivity index (χ1v) is 5.64. The molecule has 0 radical (unpaired) electrons. The summed E-state index contributed by atoms with van der Waals surface area (Å²) in [6.07, 6.45) is 0. The molecule has 6 nitrogen and oxygen atoms in total. The summed E-state index contributed by atoms with van der Waals surface area (Å²) in [5.74, 6) is -0.461. The monoisotopic (exact) mass is 262 g/mol. The molecule has 1 heterocycles. The summed E-state index contributed by atoms with van der Waals surface area (Å²) < 4.78 is 11.2. The van der Waals surface area contributed by atoms with Crippen LogP contribution in [0.1, 0.15) is 26.5 Å². The van der Waals surface area contributed by atoms with Crippen LogP contribution in [0.2, 0.25) is 0 Å². The van der Waals surface area contributed by atoms with E-state index in [2.05, 4.69) is 9.72 Å². The Bertz CT molecular complexity index is 673. The molecule has 0 fully saturated rings. The van der Waals surface area contributed by atoms with Gasteiger partial charge in [0.2, 0.25) is 0 Å². The van der Waals surface area contributed by atoms with E-state index in [9.17, 15) is 9.59 Å². The minimum Gasteiger partial charge on any atom is -0.465 e. The Morgan fingerprint density at radius 3 is 2.37 bits per heavy atom. The molecule has 0 unspecified atom stereocenters. The van der Waals surface area contributed by atoms with Crippen molar-refractivity contribution in [1.82, 2.24) is 9.55 Å². The summed E-state index contributed by atoms with van der Waals surface area (Å²) in [4.78, 5) is 27.9. The first kappa shape index (κ1) is 13.1. The minimum atomic E-state index is -0.607. The Hall–Kier alpha value is -2.37. The lowest BCUT2D eigenvalue weighted by atomic mass is 10.1. The standard InChI is InChI=1S/C13H14N2O4/c1-7-14-11-9(15(7)2)6-5-8(12(16)18-3)10(11)13(17)19-4/h5-6H,1-4H3. The van der Waals surface area contributed by atoms with E-state index in [1.165, 1.54) is 14.2 Å². The number of imidazole rings is 1. The van der Waals surface area contributed by atoms with Crippen LogP contribution in [-0.4, -0.2) is 35.7 Å². The van der Waals surface area contributed by atoms with Crippen molar-refractivity contribution in [3.63, 3.8) is 0 Å². The van der Waals surface area contributed by atoms with E-state index in [0.717, 1.165) is 11.3 Å². The molecule has 0 saturated carbocycles. The van der Waals surface area contributed by atoms with Crippen molar-refractivity contribution in [3.05, 3.63) is 29.1 Å². The van der Waals surface area contributed by atoms with Gasteiger partial charge in [-0.1, -0.05) is 0 Å². The van der Waals surface area contributed by atoms with Crippen LogP contribution >= 0.6 is 0 Å². The lowest BCUT2D eigenvalue weighted by Gasteiger charge is -2.07. The molecule has 0 amide bonds. The summed E-state index contributed by atoms with van der Waals surface area (Å²) in [5.41, 5.74) is 1.48. The van der Waals surface area contributed by atoms with E-state index in [1.807, 2.05) is 18.5 Å². The van der Waals surface area contributed by atoms with Gasteiger partial charge in [-0.25, -0.2) is 14.6 Å². The maximum absolute atomic E-state index is 11.9. The summed E-state index contributed by atoms with van der Waals surface area (Å²) in [6, 6.07) is 3.27. The van der Waals surface area contributed by atoms with Gasteiger partial charge in [-0.3, -0.25) is 0 Å². The van der Waals surface area contributed by atoms with E-state index in [4.69, 9.17) is 4.74 Å². The van der Waals surface area contributed by atoms with Gasteiger partial charge in [-0.05, 0) is 19.1 Å². The molecular weight excluding hydrogens is 248 g/mol. The van der Waals surface area contributed by atoms with Gasteiger partial charge in [0, 0.05) is 7.05 Å². The topological polar surface area (TPSA) is 70.4 Å². The second-order valence-electron chi connectivity index (χ2n) is 4.06. The maximum atomic E-state index is 11.9. The molecule has 0 aliphatic rings. The van der Waals surface area contributed by atoms with Crippen molar-refractivity contribution in [2.24, 2.45) is 7.05 Å². The molecule has 1 aromatic carbocycles. The molecule has 0 aliphatic heterocycles. The lowest BCUT2D eigenvalue weighted by Crippen LogP contribution is -2.12. The first-order valence-electron chi connectivity index (χ1n) is 5.64. The average molecular weight is 262 g/mol. The van der Waals surface area contributed by atoms with Crippen LogP contribution < -0.4 is 0 Å². The minimum absolute atomic E-state index is 0.135. The van der Waals surface area contributed by atoms with E-state index >= 15 is 0 Å². The number of hydrogen-bond donors (Lipinski definition) is 0. The highest BCUT2D eigenvalue weighted by Gasteiger charge is 2.24. The van der Waals surface area contributed by atoms with E-state index < -0.39 is 11.9 Å². The summed E-state index contributed by atoms with van der Waals surface area (Å²) in [7, 11) is 4.36. The van der Waals surface area contributed by atoms with Crippen LogP contribution in [0.15, 0.2) is 12.1 Å². The van der Waals surface area contributed by atoms with E-state index in [0.29, 0.717) is 5.52 Å². The van der Waals surface area contributed by atoms with Crippen molar-refractivity contribution in [2.45, 2.75) is 6.92 Å². The normalized spacial score (nSPS) is 10.5. The van der Waals surface area contributed by atoms with Crippen LogP contribution in [0.5, 0.6) is 0 Å².